The number of fused-ring (bicyclic) bond motifs is 1. The zero-order chi connectivity index (χ0) is 14.4. The van der Waals surface area contributed by atoms with Crippen LogP contribution >= 0.6 is 11.8 Å². The molecule has 3 aliphatic heterocycles. The van der Waals surface area contributed by atoms with Gasteiger partial charge in [-0.2, -0.15) is 0 Å². The van der Waals surface area contributed by atoms with E-state index in [1.165, 1.54) is 16.7 Å². The van der Waals surface area contributed by atoms with E-state index < -0.39 is 18.0 Å². The number of nitrogens with one attached hydrogen (secondary N) is 1. The molecular weight excluding hydrogens is 280 g/mol. The van der Waals surface area contributed by atoms with E-state index in [9.17, 15) is 19.8 Å². The molecular formula is C13H18N2O4S. The average Bonchev–Trinajstić information content (AvgIpc) is 2.74. The van der Waals surface area contributed by atoms with Crippen LogP contribution in [0.25, 0.3) is 0 Å². The second-order valence-electron chi connectivity index (χ2n) is 5.50. The molecule has 2 saturated heterocycles. The molecule has 20 heavy (non-hydrogen) atoms. The summed E-state index contributed by atoms with van der Waals surface area (Å²) in [4.78, 5) is 25.7. The van der Waals surface area contributed by atoms with Crippen molar-refractivity contribution in [3.63, 3.8) is 0 Å². The summed E-state index contributed by atoms with van der Waals surface area (Å²) in [6, 6.07) is 0.0212. The second kappa shape index (κ2) is 5.05. The van der Waals surface area contributed by atoms with Crippen molar-refractivity contribution in [2.75, 3.05) is 6.54 Å². The minimum Gasteiger partial charge on any atom is -0.477 e. The number of carboxylic acids is 1. The maximum Gasteiger partial charge on any atom is 0.353 e. The minimum absolute atomic E-state index is 0.0212. The Morgan fingerprint density at radius 3 is 2.80 bits per heavy atom. The smallest absolute Gasteiger partial charge is 0.353 e. The van der Waals surface area contributed by atoms with Gasteiger partial charge in [0.1, 0.15) is 11.1 Å². The SMILES string of the molecule is CC(O)[C@H]1C(=O)N2C(C(=O)O)=C([C@H]3CCCCN3)S[C@H]12. The molecule has 0 spiro atoms. The number of nitrogens with zero attached hydrogens (tertiary/aromatic N) is 1. The number of carboxylic acid groups (broad SMARTS) is 1. The number of β-lactam (4-membered cyclic amide) rings is 1. The Kier molecular flexibility index (Phi) is 3.51. The number of carbonyl (C=O) groups is 2. The molecule has 2 fully saturated rings. The van der Waals surface area contributed by atoms with Gasteiger partial charge >= 0.3 is 5.97 Å². The van der Waals surface area contributed by atoms with Gasteiger partial charge in [-0.3, -0.25) is 9.69 Å². The molecule has 1 unspecified atom stereocenters. The quantitative estimate of drug-likeness (QED) is 0.651. The Morgan fingerprint density at radius 1 is 1.50 bits per heavy atom. The molecule has 0 radical (unpaired) electrons. The summed E-state index contributed by atoms with van der Waals surface area (Å²) >= 11 is 1.42. The van der Waals surface area contributed by atoms with Crippen LogP contribution in [0.3, 0.4) is 0 Å². The first-order valence-corrected chi connectivity index (χ1v) is 7.79. The zero-order valence-corrected chi connectivity index (χ0v) is 12.0. The lowest BCUT2D eigenvalue weighted by Crippen LogP contribution is -2.60. The standard InChI is InChI=1S/C13H18N2O4S/c1-6(16)8-11(17)15-9(13(18)19)10(20-12(8)15)7-4-2-3-5-14-7/h6-8,12,14,16H,2-5H2,1H3,(H,18,19)/t6?,7-,8+,12-/m1/s1. The van der Waals surface area contributed by atoms with Crippen LogP contribution in [0.5, 0.6) is 0 Å². The van der Waals surface area contributed by atoms with Gasteiger partial charge in [0.25, 0.3) is 0 Å². The van der Waals surface area contributed by atoms with E-state index in [1.807, 2.05) is 0 Å². The summed E-state index contributed by atoms with van der Waals surface area (Å²) in [6.45, 7) is 2.46. The molecule has 3 heterocycles. The van der Waals surface area contributed by atoms with Crippen LogP contribution < -0.4 is 5.32 Å². The van der Waals surface area contributed by atoms with Crippen molar-refractivity contribution in [2.45, 2.75) is 43.7 Å². The van der Waals surface area contributed by atoms with Crippen LogP contribution in [-0.4, -0.2) is 51.1 Å². The molecule has 0 bridgehead atoms. The van der Waals surface area contributed by atoms with Crippen molar-refractivity contribution < 1.29 is 19.8 Å². The van der Waals surface area contributed by atoms with E-state index in [0.29, 0.717) is 0 Å². The summed E-state index contributed by atoms with van der Waals surface area (Å²) in [7, 11) is 0. The van der Waals surface area contributed by atoms with E-state index in [2.05, 4.69) is 5.32 Å². The maximum absolute atomic E-state index is 12.1. The number of amides is 1. The van der Waals surface area contributed by atoms with Gasteiger partial charge in [-0.1, -0.05) is 18.2 Å². The molecule has 110 valence electrons. The third-order valence-corrected chi connectivity index (χ3v) is 5.63. The topological polar surface area (TPSA) is 89.9 Å². The molecule has 0 aromatic heterocycles. The first kappa shape index (κ1) is 13.9. The highest BCUT2D eigenvalue weighted by Crippen LogP contribution is 2.51. The van der Waals surface area contributed by atoms with Crippen molar-refractivity contribution in [1.82, 2.24) is 10.2 Å². The lowest BCUT2D eigenvalue weighted by Gasteiger charge is -2.43. The number of rotatable bonds is 3. The van der Waals surface area contributed by atoms with Crippen LogP contribution in [0.15, 0.2) is 10.6 Å². The number of piperidine rings is 1. The summed E-state index contributed by atoms with van der Waals surface area (Å²) < 4.78 is 0. The van der Waals surface area contributed by atoms with Gasteiger partial charge in [-0.25, -0.2) is 4.79 Å². The fourth-order valence-corrected chi connectivity index (χ4v) is 4.86. The first-order valence-electron chi connectivity index (χ1n) is 6.91. The van der Waals surface area contributed by atoms with Crippen LogP contribution in [0.1, 0.15) is 26.2 Å². The molecule has 6 nitrogen and oxygen atoms in total. The van der Waals surface area contributed by atoms with Crippen molar-refractivity contribution in [2.24, 2.45) is 5.92 Å². The normalized spacial score (nSPS) is 34.8. The van der Waals surface area contributed by atoms with E-state index in [4.69, 9.17) is 0 Å². The highest BCUT2D eigenvalue weighted by molar-refractivity contribution is 8.04. The molecule has 0 aliphatic carbocycles. The second-order valence-corrected chi connectivity index (χ2v) is 6.66. The summed E-state index contributed by atoms with van der Waals surface area (Å²) in [5.41, 5.74) is 0.112. The van der Waals surface area contributed by atoms with Crippen molar-refractivity contribution in [3.8, 4) is 0 Å². The largest absolute Gasteiger partial charge is 0.477 e. The highest BCUT2D eigenvalue weighted by atomic mass is 32.2. The molecule has 0 saturated carbocycles. The lowest BCUT2D eigenvalue weighted by molar-refractivity contribution is -0.156. The van der Waals surface area contributed by atoms with Gasteiger partial charge in [0.2, 0.25) is 5.91 Å². The third-order valence-electron chi connectivity index (χ3n) is 4.16. The molecule has 4 atom stereocenters. The van der Waals surface area contributed by atoms with Gasteiger partial charge in [-0.15, -0.1) is 0 Å². The number of aliphatic carboxylic acids is 1. The van der Waals surface area contributed by atoms with Crippen LogP contribution in [0.2, 0.25) is 0 Å². The Bertz CT molecular complexity index is 485. The van der Waals surface area contributed by atoms with Gasteiger partial charge in [0.15, 0.2) is 0 Å². The number of carbonyl (C=O) groups excluding carboxylic acids is 1. The molecule has 1 amide bonds. The van der Waals surface area contributed by atoms with Gasteiger partial charge in [0.05, 0.1) is 12.0 Å². The highest BCUT2D eigenvalue weighted by Gasteiger charge is 2.58. The molecule has 3 rings (SSSR count). The Balaban J connectivity index is 1.89. The lowest BCUT2D eigenvalue weighted by atomic mass is 9.92. The summed E-state index contributed by atoms with van der Waals surface area (Å²) in [5, 5.41) is 22.2. The van der Waals surface area contributed by atoms with Crippen LogP contribution in [0.4, 0.5) is 0 Å². The van der Waals surface area contributed by atoms with Gasteiger partial charge < -0.3 is 15.5 Å². The Labute approximate surface area is 121 Å². The van der Waals surface area contributed by atoms with Gasteiger partial charge in [0, 0.05) is 10.9 Å². The van der Waals surface area contributed by atoms with E-state index in [0.717, 1.165) is 30.7 Å². The molecule has 0 aromatic carbocycles. The molecule has 3 aliphatic rings. The predicted octanol–water partition coefficient (Wildman–Crippen LogP) is 0.337. The number of hydrogen-bond donors (Lipinski definition) is 3. The van der Waals surface area contributed by atoms with E-state index >= 15 is 0 Å². The van der Waals surface area contributed by atoms with Gasteiger partial charge in [-0.05, 0) is 26.3 Å². The zero-order valence-electron chi connectivity index (χ0n) is 11.2. The van der Waals surface area contributed by atoms with Crippen LogP contribution in [0, 0.1) is 5.92 Å². The summed E-state index contributed by atoms with van der Waals surface area (Å²) in [6.07, 6.45) is 2.31. The maximum atomic E-state index is 12.1. The summed E-state index contributed by atoms with van der Waals surface area (Å²) in [5.74, 6) is -1.82. The molecule has 0 aromatic rings. The Morgan fingerprint density at radius 2 is 2.25 bits per heavy atom. The minimum atomic E-state index is -1.06. The fourth-order valence-electron chi connectivity index (χ4n) is 3.13. The van der Waals surface area contributed by atoms with Crippen molar-refractivity contribution >= 4 is 23.6 Å². The van der Waals surface area contributed by atoms with Crippen molar-refractivity contribution in [1.29, 1.82) is 0 Å². The van der Waals surface area contributed by atoms with E-state index in [-0.39, 0.29) is 23.0 Å². The fraction of sp³-hybridized carbons (Fsp3) is 0.692. The third kappa shape index (κ3) is 1.96. The van der Waals surface area contributed by atoms with Crippen LogP contribution in [-0.2, 0) is 9.59 Å². The number of aliphatic hydroxyl groups excluding tert-OH is 1. The van der Waals surface area contributed by atoms with Crippen molar-refractivity contribution in [3.05, 3.63) is 10.6 Å². The monoisotopic (exact) mass is 298 g/mol. The average molecular weight is 298 g/mol. The number of hydrogen-bond acceptors (Lipinski definition) is 5. The molecule has 3 N–H and O–H groups in total. The number of thioether (sulfide) groups is 1. The molecule has 7 heteroatoms. The Hall–Kier alpha value is -1.05. The number of aliphatic hydroxyl groups is 1. The van der Waals surface area contributed by atoms with E-state index in [1.54, 1.807) is 6.92 Å². The first-order chi connectivity index (χ1) is 9.52. The predicted molar refractivity (Wildman–Crippen MR) is 73.7 cm³/mol.